The van der Waals surface area contributed by atoms with Gasteiger partial charge in [0, 0.05) is 0 Å². The number of benzene rings is 4. The Labute approximate surface area is 208 Å². The van der Waals surface area contributed by atoms with Gasteiger partial charge in [-0.2, -0.15) is 0 Å². The number of hydrazine groups is 1. The van der Waals surface area contributed by atoms with E-state index in [1.807, 2.05) is 57.2 Å². The van der Waals surface area contributed by atoms with Crippen LogP contribution in [-0.4, -0.2) is 16.5 Å². The first-order valence-corrected chi connectivity index (χ1v) is 13.5. The number of rotatable bonds is 7. The first-order valence-electron chi connectivity index (χ1n) is 11.8. The number of nitrogens with zero attached hydrogens (tertiary/aromatic N) is 1. The predicted octanol–water partition coefficient (Wildman–Crippen LogP) is 5.84. The fraction of sp³-hybridized carbons (Fsp3) is 0.167. The van der Waals surface area contributed by atoms with E-state index < -0.39 is 19.1 Å². The Morgan fingerprint density at radius 3 is 1.43 bits per heavy atom. The first-order chi connectivity index (χ1) is 16.9. The van der Waals surface area contributed by atoms with E-state index in [-0.39, 0.29) is 0 Å². The van der Waals surface area contributed by atoms with Crippen LogP contribution in [0.4, 0.5) is 4.79 Å². The summed E-state index contributed by atoms with van der Waals surface area (Å²) in [6, 6.07) is 41.6. The summed E-state index contributed by atoms with van der Waals surface area (Å²) in [5, 5.41) is 3.43. The van der Waals surface area contributed by atoms with Crippen molar-refractivity contribution in [2.45, 2.75) is 32.9 Å². The zero-order valence-electron chi connectivity index (χ0n) is 20.5. The molecule has 0 saturated carbocycles. The average Bonchev–Trinajstić information content (AvgIpc) is 2.86. The van der Waals surface area contributed by atoms with Crippen LogP contribution < -0.4 is 21.3 Å². The van der Waals surface area contributed by atoms with Crippen LogP contribution in [0.2, 0.25) is 0 Å². The van der Waals surface area contributed by atoms with Gasteiger partial charge in [0.2, 0.25) is 7.41 Å². The van der Waals surface area contributed by atoms with E-state index in [1.165, 1.54) is 0 Å². The van der Waals surface area contributed by atoms with Gasteiger partial charge in [-0.25, -0.2) is 10.2 Å². The highest BCUT2D eigenvalue weighted by Crippen LogP contribution is 2.58. The second-order valence-corrected chi connectivity index (χ2v) is 12.6. The molecule has 5 heteroatoms. The van der Waals surface area contributed by atoms with Crippen LogP contribution in [0.25, 0.3) is 0 Å². The van der Waals surface area contributed by atoms with E-state index in [0.29, 0.717) is 6.54 Å². The molecule has 0 fully saturated rings. The lowest BCUT2D eigenvalue weighted by Crippen LogP contribution is -2.52. The number of amides is 1. The molecule has 0 saturated heterocycles. The Kier molecular flexibility index (Phi) is 7.65. The lowest BCUT2D eigenvalue weighted by atomic mass is 10.2. The third-order valence-electron chi connectivity index (χ3n) is 5.55. The van der Waals surface area contributed by atoms with Gasteiger partial charge < -0.3 is 4.74 Å². The fourth-order valence-corrected chi connectivity index (χ4v) is 8.33. The summed E-state index contributed by atoms with van der Waals surface area (Å²) < 4.78 is 7.84. The summed E-state index contributed by atoms with van der Waals surface area (Å²) in [5.41, 5.74) is 3.66. The van der Waals surface area contributed by atoms with Gasteiger partial charge in [-0.05, 0) is 62.7 Å². The highest BCUT2D eigenvalue weighted by atomic mass is 31.2. The second-order valence-electron chi connectivity index (χ2n) is 9.30. The second kappa shape index (κ2) is 10.9. The van der Waals surface area contributed by atoms with Crippen LogP contribution in [0, 0.1) is 0 Å². The number of hydrogen-bond donors (Lipinski definition) is 1. The number of carbonyl (C=O) groups excluding carboxylic acids is 1. The molecule has 178 valence electrons. The minimum absolute atomic E-state index is 0.472. The van der Waals surface area contributed by atoms with Gasteiger partial charge in [0.25, 0.3) is 0 Å². The van der Waals surface area contributed by atoms with Crippen molar-refractivity contribution in [3.63, 3.8) is 0 Å². The van der Waals surface area contributed by atoms with Crippen LogP contribution in [0.15, 0.2) is 121 Å². The highest BCUT2D eigenvalue weighted by Gasteiger charge is 2.53. The molecule has 0 unspecified atom stereocenters. The van der Waals surface area contributed by atoms with E-state index in [2.05, 4.69) is 95.1 Å². The standard InChI is InChI=1S/C30H31N2O2P/c1-30(2,3)34-29(33)31-32(24-25-16-8-4-9-17-25)35(26-18-10-5-11-19-26,27-20-12-6-13-21-27)28-22-14-7-15-23-28/h4-23H,24H2,1-3H3/p+1. The molecule has 0 aromatic heterocycles. The lowest BCUT2D eigenvalue weighted by Gasteiger charge is -2.36. The van der Waals surface area contributed by atoms with E-state index in [9.17, 15) is 4.79 Å². The number of ether oxygens (including phenoxy) is 1. The SMILES string of the molecule is CC(C)(C)OC(=O)NN(Cc1ccccc1)[P+](c1ccccc1)(c1ccccc1)c1ccccc1. The zero-order chi connectivity index (χ0) is 24.7. The van der Waals surface area contributed by atoms with Crippen molar-refractivity contribution in [2.75, 3.05) is 0 Å². The predicted molar refractivity (Wildman–Crippen MR) is 147 cm³/mol. The van der Waals surface area contributed by atoms with E-state index in [1.54, 1.807) is 0 Å². The van der Waals surface area contributed by atoms with Crippen LogP contribution in [0.1, 0.15) is 26.3 Å². The largest absolute Gasteiger partial charge is 0.443 e. The topological polar surface area (TPSA) is 41.6 Å². The average molecular weight is 484 g/mol. The number of carbonyl (C=O) groups is 1. The van der Waals surface area contributed by atoms with Crippen LogP contribution in [0.5, 0.6) is 0 Å². The van der Waals surface area contributed by atoms with Crippen LogP contribution >= 0.6 is 7.41 Å². The van der Waals surface area contributed by atoms with Gasteiger partial charge in [0.15, 0.2) is 0 Å². The summed E-state index contributed by atoms with van der Waals surface area (Å²) in [5.74, 6) is 0. The Bertz CT molecular complexity index is 1110. The van der Waals surface area contributed by atoms with Crippen molar-refractivity contribution in [1.82, 2.24) is 10.2 Å². The molecule has 4 nitrogen and oxygen atoms in total. The molecule has 0 spiro atoms. The molecule has 0 aliphatic rings. The van der Waals surface area contributed by atoms with Crippen molar-refractivity contribution in [1.29, 1.82) is 0 Å². The molecule has 35 heavy (non-hydrogen) atoms. The smallest absolute Gasteiger partial charge is 0.425 e. The number of hydrogen-bond acceptors (Lipinski definition) is 3. The fourth-order valence-electron chi connectivity index (χ4n) is 4.18. The summed E-state index contributed by atoms with van der Waals surface area (Å²) in [6.07, 6.45) is -0.472. The maximum atomic E-state index is 13.2. The Morgan fingerprint density at radius 2 is 1.06 bits per heavy atom. The van der Waals surface area contributed by atoms with Crippen molar-refractivity contribution in [3.8, 4) is 0 Å². The molecule has 4 aromatic carbocycles. The van der Waals surface area contributed by atoms with E-state index in [0.717, 1.165) is 21.5 Å². The van der Waals surface area contributed by atoms with Gasteiger partial charge >= 0.3 is 6.09 Å². The Morgan fingerprint density at radius 1 is 0.686 bits per heavy atom. The molecule has 0 radical (unpaired) electrons. The zero-order valence-corrected chi connectivity index (χ0v) is 21.4. The van der Waals surface area contributed by atoms with Gasteiger partial charge in [-0.1, -0.05) is 89.7 Å². The van der Waals surface area contributed by atoms with Crippen molar-refractivity contribution in [2.24, 2.45) is 0 Å². The molecular formula is C30H32N2O2P+. The molecule has 0 aliphatic carbocycles. The molecule has 0 bridgehead atoms. The van der Waals surface area contributed by atoms with Crippen molar-refractivity contribution in [3.05, 3.63) is 127 Å². The molecule has 4 aromatic rings. The van der Waals surface area contributed by atoms with Gasteiger partial charge in [-0.15, -0.1) is 0 Å². The Balaban J connectivity index is 1.97. The van der Waals surface area contributed by atoms with Gasteiger partial charge in [-0.3, -0.25) is 0 Å². The lowest BCUT2D eigenvalue weighted by molar-refractivity contribution is 0.0426. The summed E-state index contributed by atoms with van der Waals surface area (Å²) >= 11 is 0. The third kappa shape index (κ3) is 5.79. The number of nitrogens with one attached hydrogen (secondary N) is 1. The van der Waals surface area contributed by atoms with Gasteiger partial charge in [0.05, 0.1) is 6.54 Å². The van der Waals surface area contributed by atoms with Crippen LogP contribution in [-0.2, 0) is 11.3 Å². The summed E-state index contributed by atoms with van der Waals surface area (Å²) in [4.78, 5) is 13.2. The van der Waals surface area contributed by atoms with Crippen LogP contribution in [0.3, 0.4) is 0 Å². The monoisotopic (exact) mass is 483 g/mol. The minimum Gasteiger partial charge on any atom is -0.443 e. The summed E-state index contributed by atoms with van der Waals surface area (Å²) in [6.45, 7) is 6.14. The quantitative estimate of drug-likeness (QED) is 0.265. The van der Waals surface area contributed by atoms with Gasteiger partial charge in [0.1, 0.15) is 21.5 Å². The van der Waals surface area contributed by atoms with Crippen molar-refractivity contribution < 1.29 is 9.53 Å². The molecule has 4 rings (SSSR count). The maximum absolute atomic E-state index is 13.2. The van der Waals surface area contributed by atoms with E-state index >= 15 is 0 Å². The van der Waals surface area contributed by atoms with E-state index in [4.69, 9.17) is 4.74 Å². The highest BCUT2D eigenvalue weighted by molar-refractivity contribution is 7.93. The molecule has 1 amide bonds. The van der Waals surface area contributed by atoms with Crippen molar-refractivity contribution >= 4 is 29.4 Å². The minimum atomic E-state index is -2.53. The maximum Gasteiger partial charge on any atom is 0.425 e. The Hall–Kier alpha value is -3.46. The first kappa shape index (κ1) is 24.7. The molecule has 1 N–H and O–H groups in total. The normalized spacial score (nSPS) is 11.8. The molecule has 0 heterocycles. The third-order valence-corrected chi connectivity index (χ3v) is 9.65. The molecule has 0 atom stereocenters. The molecular weight excluding hydrogens is 451 g/mol. The summed E-state index contributed by atoms with van der Waals surface area (Å²) in [7, 11) is -2.53. The molecule has 0 aliphatic heterocycles.